The fourth-order valence-corrected chi connectivity index (χ4v) is 4.37. The third kappa shape index (κ3) is 21.0. The van der Waals surface area contributed by atoms with Crippen LogP contribution in [0.4, 0.5) is 0 Å². The molecule has 0 heterocycles. The number of Topliss-reactive ketones (excluding diaryl/α,β-unsaturated/α-hetero) is 1. The normalized spacial score (nSPS) is 11.2. The first-order valence-electron chi connectivity index (χ1n) is 16.2. The molecule has 6 nitrogen and oxygen atoms in total. The molecule has 0 amide bonds. The highest BCUT2D eigenvalue weighted by molar-refractivity contribution is 5.97. The van der Waals surface area contributed by atoms with Crippen molar-refractivity contribution in [3.05, 3.63) is 35.4 Å². The fraction of sp³-hybridized carbons (Fsp3) is 0.765. The molecule has 0 spiro atoms. The van der Waals surface area contributed by atoms with Crippen LogP contribution in [0.2, 0.25) is 0 Å². The first-order chi connectivity index (χ1) is 19.7. The number of ether oxygens (including phenoxy) is 4. The molecule has 0 saturated heterocycles. The largest absolute Gasteiger partial charge is 0.462 e. The number of ketones is 1. The van der Waals surface area contributed by atoms with Gasteiger partial charge in [-0.05, 0) is 37.8 Å². The van der Waals surface area contributed by atoms with Gasteiger partial charge in [-0.15, -0.1) is 0 Å². The van der Waals surface area contributed by atoms with Crippen LogP contribution in [-0.2, 0) is 18.9 Å². The molecule has 0 saturated carbocycles. The van der Waals surface area contributed by atoms with Gasteiger partial charge in [-0.2, -0.15) is 0 Å². The molecule has 230 valence electrons. The Kier molecular flexibility index (Phi) is 24.9. The van der Waals surface area contributed by atoms with E-state index in [0.29, 0.717) is 50.4 Å². The van der Waals surface area contributed by atoms with Crippen LogP contribution in [0.1, 0.15) is 144 Å². The number of esters is 1. The van der Waals surface area contributed by atoms with Crippen molar-refractivity contribution in [1.82, 2.24) is 0 Å². The Morgan fingerprint density at radius 3 is 1.38 bits per heavy atom. The van der Waals surface area contributed by atoms with Gasteiger partial charge < -0.3 is 18.9 Å². The van der Waals surface area contributed by atoms with E-state index in [2.05, 4.69) is 13.8 Å². The highest BCUT2D eigenvalue weighted by Crippen LogP contribution is 2.14. The monoisotopic (exact) mass is 562 g/mol. The summed E-state index contributed by atoms with van der Waals surface area (Å²) in [5.41, 5.74) is 1.14. The van der Waals surface area contributed by atoms with Crippen LogP contribution >= 0.6 is 0 Å². The van der Waals surface area contributed by atoms with Crippen molar-refractivity contribution in [3.8, 4) is 0 Å². The summed E-state index contributed by atoms with van der Waals surface area (Å²) in [5, 5.41) is 0. The van der Waals surface area contributed by atoms with Crippen molar-refractivity contribution < 1.29 is 28.5 Å². The first kappa shape index (κ1) is 36.3. The number of benzene rings is 1. The summed E-state index contributed by atoms with van der Waals surface area (Å²) in [6, 6.07) is 6.85. The van der Waals surface area contributed by atoms with Gasteiger partial charge in [-0.3, -0.25) is 4.79 Å². The molecule has 0 bridgehead atoms. The molecule has 6 heteroatoms. The average Bonchev–Trinajstić information content (AvgIpc) is 2.97. The first-order valence-corrected chi connectivity index (χ1v) is 16.2. The lowest BCUT2D eigenvalue weighted by atomic mass is 10.0. The maximum atomic E-state index is 12.5. The van der Waals surface area contributed by atoms with Gasteiger partial charge in [-0.25, -0.2) is 4.79 Å². The maximum absolute atomic E-state index is 12.5. The van der Waals surface area contributed by atoms with E-state index in [1.165, 1.54) is 57.8 Å². The average molecular weight is 563 g/mol. The summed E-state index contributed by atoms with van der Waals surface area (Å²) in [6.07, 6.45) is 19.3. The maximum Gasteiger partial charge on any atom is 0.338 e. The summed E-state index contributed by atoms with van der Waals surface area (Å²) in [7, 11) is 0. The lowest BCUT2D eigenvalue weighted by molar-refractivity contribution is 0.0411. The van der Waals surface area contributed by atoms with E-state index in [9.17, 15) is 9.59 Å². The van der Waals surface area contributed by atoms with Gasteiger partial charge in [0.1, 0.15) is 0 Å². The second-order valence-electron chi connectivity index (χ2n) is 10.7. The van der Waals surface area contributed by atoms with E-state index in [-0.39, 0.29) is 11.8 Å². The Morgan fingerprint density at radius 2 is 0.875 bits per heavy atom. The number of carbonyl (C=O) groups excluding carboxylic acids is 2. The molecule has 40 heavy (non-hydrogen) atoms. The van der Waals surface area contributed by atoms with E-state index in [1.54, 1.807) is 24.3 Å². The van der Waals surface area contributed by atoms with Gasteiger partial charge in [0, 0.05) is 58.0 Å². The molecule has 0 radical (unpaired) electrons. The Bertz CT molecular complexity index is 718. The summed E-state index contributed by atoms with van der Waals surface area (Å²) in [6.45, 7) is 8.91. The van der Waals surface area contributed by atoms with Crippen LogP contribution in [0, 0.1) is 0 Å². The van der Waals surface area contributed by atoms with Gasteiger partial charge >= 0.3 is 5.97 Å². The van der Waals surface area contributed by atoms with Gasteiger partial charge in [0.15, 0.2) is 5.78 Å². The highest BCUT2D eigenvalue weighted by Gasteiger charge is 2.10. The molecular formula is C34H58O6. The second-order valence-corrected chi connectivity index (χ2v) is 10.7. The zero-order chi connectivity index (χ0) is 28.9. The Balaban J connectivity index is 1.98. The van der Waals surface area contributed by atoms with Crippen LogP contribution in [0.25, 0.3) is 0 Å². The molecule has 1 rings (SSSR count). The van der Waals surface area contributed by atoms with Gasteiger partial charge in [0.25, 0.3) is 0 Å². The zero-order valence-corrected chi connectivity index (χ0v) is 25.7. The standard InChI is InChI=1S/C34H58O6/c1-3-5-7-8-9-10-11-12-13-14-15-19-33(35)31-20-22-32(23-21-31)34(36)40-30-18-29-39-28-17-27-38-26-16-25-37-24-6-4-2/h20-23H,3-19,24-30H2,1-2H3. The van der Waals surface area contributed by atoms with E-state index >= 15 is 0 Å². The quantitative estimate of drug-likeness (QED) is 0.0552. The Morgan fingerprint density at radius 1 is 0.475 bits per heavy atom. The van der Waals surface area contributed by atoms with E-state index in [1.807, 2.05) is 0 Å². The van der Waals surface area contributed by atoms with Crippen LogP contribution in [-0.4, -0.2) is 58.0 Å². The SMILES string of the molecule is CCCCCCCCCCCCCC(=O)c1ccc(C(=O)OCCCOCCCOCCCOCCCC)cc1. The van der Waals surface area contributed by atoms with Crippen molar-refractivity contribution in [2.45, 2.75) is 123 Å². The topological polar surface area (TPSA) is 71.1 Å². The van der Waals surface area contributed by atoms with Gasteiger partial charge in [0.05, 0.1) is 12.2 Å². The molecule has 0 aliphatic heterocycles. The van der Waals surface area contributed by atoms with Crippen molar-refractivity contribution in [2.24, 2.45) is 0 Å². The summed E-state index contributed by atoms with van der Waals surface area (Å²) in [4.78, 5) is 24.7. The minimum Gasteiger partial charge on any atom is -0.462 e. The molecule has 0 N–H and O–H groups in total. The fourth-order valence-electron chi connectivity index (χ4n) is 4.37. The third-order valence-electron chi connectivity index (χ3n) is 6.91. The number of unbranched alkanes of at least 4 members (excludes halogenated alkanes) is 11. The minimum atomic E-state index is -0.364. The predicted molar refractivity (Wildman–Crippen MR) is 163 cm³/mol. The van der Waals surface area contributed by atoms with E-state index < -0.39 is 0 Å². The molecule has 0 unspecified atom stereocenters. The summed E-state index contributed by atoms with van der Waals surface area (Å²) in [5.74, 6) is -0.216. The van der Waals surface area contributed by atoms with E-state index in [0.717, 1.165) is 58.3 Å². The van der Waals surface area contributed by atoms with Crippen molar-refractivity contribution >= 4 is 11.8 Å². The van der Waals surface area contributed by atoms with E-state index in [4.69, 9.17) is 18.9 Å². The molecule has 1 aromatic carbocycles. The molecule has 0 aromatic heterocycles. The van der Waals surface area contributed by atoms with Crippen LogP contribution in [0.5, 0.6) is 0 Å². The predicted octanol–water partition coefficient (Wildman–Crippen LogP) is 8.75. The number of carbonyl (C=O) groups is 2. The van der Waals surface area contributed by atoms with Crippen LogP contribution in [0.15, 0.2) is 24.3 Å². The zero-order valence-electron chi connectivity index (χ0n) is 25.7. The molecule has 0 aliphatic rings. The lowest BCUT2D eigenvalue weighted by Crippen LogP contribution is -2.10. The smallest absolute Gasteiger partial charge is 0.338 e. The lowest BCUT2D eigenvalue weighted by Gasteiger charge is -2.08. The second kappa shape index (κ2) is 27.4. The van der Waals surface area contributed by atoms with Crippen molar-refractivity contribution in [2.75, 3.05) is 46.2 Å². The molecule has 0 fully saturated rings. The molecular weight excluding hydrogens is 504 g/mol. The molecule has 1 aromatic rings. The number of rotatable bonds is 29. The molecule has 0 atom stereocenters. The number of hydrogen-bond donors (Lipinski definition) is 0. The highest BCUT2D eigenvalue weighted by atomic mass is 16.5. The summed E-state index contributed by atoms with van der Waals surface area (Å²) < 4.78 is 22.0. The van der Waals surface area contributed by atoms with Crippen molar-refractivity contribution in [1.29, 1.82) is 0 Å². The van der Waals surface area contributed by atoms with Crippen LogP contribution < -0.4 is 0 Å². The van der Waals surface area contributed by atoms with Gasteiger partial charge in [-0.1, -0.05) is 96.6 Å². The Labute approximate surface area is 244 Å². The minimum absolute atomic E-state index is 0.148. The summed E-state index contributed by atoms with van der Waals surface area (Å²) >= 11 is 0. The Hall–Kier alpha value is -1.76. The van der Waals surface area contributed by atoms with Crippen LogP contribution in [0.3, 0.4) is 0 Å². The third-order valence-corrected chi connectivity index (χ3v) is 6.91. The van der Waals surface area contributed by atoms with Crippen molar-refractivity contribution in [3.63, 3.8) is 0 Å². The number of hydrogen-bond acceptors (Lipinski definition) is 6. The molecule has 0 aliphatic carbocycles. The van der Waals surface area contributed by atoms with Gasteiger partial charge in [0.2, 0.25) is 0 Å².